The molecule has 3 atom stereocenters. The van der Waals surface area contributed by atoms with Gasteiger partial charge in [-0.1, -0.05) is 20.8 Å². The van der Waals surface area contributed by atoms with Crippen molar-refractivity contribution in [2.45, 2.75) is 65.6 Å². The highest BCUT2D eigenvalue weighted by Crippen LogP contribution is 2.39. The zero-order chi connectivity index (χ0) is 16.0. The highest BCUT2D eigenvalue weighted by atomic mass is 32.2. The lowest BCUT2D eigenvalue weighted by Crippen LogP contribution is -2.35. The summed E-state index contributed by atoms with van der Waals surface area (Å²) >= 11 is 0. The fraction of sp³-hybridized carbons (Fsp3) is 1.00. The lowest BCUT2D eigenvalue weighted by Gasteiger charge is -2.38. The molecule has 0 saturated heterocycles. The van der Waals surface area contributed by atoms with Gasteiger partial charge in [0.05, 0.1) is 11.0 Å². The van der Waals surface area contributed by atoms with Gasteiger partial charge in [-0.05, 0) is 76.3 Å². The smallest absolute Gasteiger partial charge is 0.152 e. The predicted octanol–water partition coefficient (Wildman–Crippen LogP) is 3.50. The Kier molecular flexibility index (Phi) is 7.69. The molecule has 4 heteroatoms. The van der Waals surface area contributed by atoms with Crippen molar-refractivity contribution < 1.29 is 8.42 Å². The topological polar surface area (TPSA) is 46.2 Å². The molecule has 1 N–H and O–H groups in total. The van der Waals surface area contributed by atoms with Crippen molar-refractivity contribution >= 4 is 9.84 Å². The van der Waals surface area contributed by atoms with Crippen LogP contribution in [0.15, 0.2) is 0 Å². The maximum absolute atomic E-state index is 12.1. The maximum atomic E-state index is 12.1. The molecule has 1 rings (SSSR count). The summed E-state index contributed by atoms with van der Waals surface area (Å²) in [6.07, 6.45) is 4.62. The molecule has 0 aromatic rings. The van der Waals surface area contributed by atoms with Crippen molar-refractivity contribution in [3.63, 3.8) is 0 Å². The standard InChI is InChI=1S/C17H35NO2S/c1-6-18-12-17-8-7-15(13(2)3)11-16(17)9-10-21(19,20)14(4)5/h13-18H,6-12H2,1-5H3. The minimum absolute atomic E-state index is 0.241. The maximum Gasteiger partial charge on any atom is 0.152 e. The van der Waals surface area contributed by atoms with Crippen LogP contribution in [0.25, 0.3) is 0 Å². The molecule has 0 bridgehead atoms. The molecule has 1 aliphatic rings. The van der Waals surface area contributed by atoms with Crippen LogP contribution in [0.5, 0.6) is 0 Å². The fourth-order valence-electron chi connectivity index (χ4n) is 3.47. The number of sulfone groups is 1. The highest BCUT2D eigenvalue weighted by Gasteiger charge is 2.32. The first-order valence-electron chi connectivity index (χ1n) is 8.70. The second-order valence-corrected chi connectivity index (χ2v) is 10.0. The fourth-order valence-corrected chi connectivity index (χ4v) is 4.57. The average Bonchev–Trinajstić information content (AvgIpc) is 2.43. The van der Waals surface area contributed by atoms with E-state index in [4.69, 9.17) is 0 Å². The van der Waals surface area contributed by atoms with Gasteiger partial charge in [0, 0.05) is 0 Å². The lowest BCUT2D eigenvalue weighted by molar-refractivity contribution is 0.142. The van der Waals surface area contributed by atoms with Gasteiger partial charge < -0.3 is 5.32 Å². The molecule has 21 heavy (non-hydrogen) atoms. The largest absolute Gasteiger partial charge is 0.317 e. The lowest BCUT2D eigenvalue weighted by atomic mass is 9.69. The molecule has 1 aliphatic carbocycles. The Labute approximate surface area is 132 Å². The summed E-state index contributed by atoms with van der Waals surface area (Å²) in [6, 6.07) is 0. The normalized spacial score (nSPS) is 27.5. The van der Waals surface area contributed by atoms with Gasteiger partial charge in [0.1, 0.15) is 0 Å². The third-order valence-corrected chi connectivity index (χ3v) is 7.51. The average molecular weight is 318 g/mol. The molecule has 0 aliphatic heterocycles. The van der Waals surface area contributed by atoms with Crippen LogP contribution in [0.4, 0.5) is 0 Å². The van der Waals surface area contributed by atoms with Crippen molar-refractivity contribution in [3.05, 3.63) is 0 Å². The van der Waals surface area contributed by atoms with E-state index in [2.05, 4.69) is 26.1 Å². The molecule has 3 nitrogen and oxygen atoms in total. The zero-order valence-electron chi connectivity index (χ0n) is 14.6. The van der Waals surface area contributed by atoms with Crippen molar-refractivity contribution in [3.8, 4) is 0 Å². The number of hydrogen-bond donors (Lipinski definition) is 1. The predicted molar refractivity (Wildman–Crippen MR) is 91.2 cm³/mol. The molecule has 0 amide bonds. The van der Waals surface area contributed by atoms with E-state index in [-0.39, 0.29) is 5.25 Å². The van der Waals surface area contributed by atoms with Crippen LogP contribution in [0.2, 0.25) is 0 Å². The second-order valence-electron chi connectivity index (χ2n) is 7.35. The minimum atomic E-state index is -2.90. The van der Waals surface area contributed by atoms with Crippen LogP contribution in [-0.2, 0) is 9.84 Å². The first-order chi connectivity index (χ1) is 9.77. The first-order valence-corrected chi connectivity index (χ1v) is 10.4. The monoisotopic (exact) mass is 317 g/mol. The Balaban J connectivity index is 2.65. The van der Waals surface area contributed by atoms with Crippen LogP contribution in [0, 0.1) is 23.7 Å². The third kappa shape index (κ3) is 5.90. The molecular formula is C17H35NO2S. The summed E-state index contributed by atoms with van der Waals surface area (Å²) in [5.41, 5.74) is 0. The second kappa shape index (κ2) is 8.52. The molecule has 1 saturated carbocycles. The van der Waals surface area contributed by atoms with Crippen LogP contribution < -0.4 is 5.32 Å². The molecule has 0 aromatic heterocycles. The van der Waals surface area contributed by atoms with Gasteiger partial charge in [0.2, 0.25) is 0 Å². The van der Waals surface area contributed by atoms with Gasteiger partial charge in [-0.15, -0.1) is 0 Å². The van der Waals surface area contributed by atoms with E-state index < -0.39 is 9.84 Å². The van der Waals surface area contributed by atoms with Crippen LogP contribution in [0.3, 0.4) is 0 Å². The summed E-state index contributed by atoms with van der Waals surface area (Å²) < 4.78 is 24.2. The van der Waals surface area contributed by atoms with Crippen LogP contribution in [0.1, 0.15) is 60.3 Å². The van der Waals surface area contributed by atoms with Gasteiger partial charge in [0.25, 0.3) is 0 Å². The Morgan fingerprint density at radius 2 is 1.76 bits per heavy atom. The molecule has 0 spiro atoms. The van der Waals surface area contributed by atoms with E-state index >= 15 is 0 Å². The summed E-state index contributed by atoms with van der Waals surface area (Å²) in [6.45, 7) is 12.4. The van der Waals surface area contributed by atoms with E-state index in [0.717, 1.165) is 25.4 Å². The van der Waals surface area contributed by atoms with Crippen molar-refractivity contribution in [2.75, 3.05) is 18.8 Å². The van der Waals surface area contributed by atoms with E-state index in [1.807, 2.05) is 0 Å². The quantitative estimate of drug-likeness (QED) is 0.745. The van der Waals surface area contributed by atoms with Gasteiger partial charge in [-0.3, -0.25) is 0 Å². The number of nitrogens with one attached hydrogen (secondary N) is 1. The van der Waals surface area contributed by atoms with Gasteiger partial charge in [0.15, 0.2) is 9.84 Å². The molecule has 0 heterocycles. The van der Waals surface area contributed by atoms with Gasteiger partial charge >= 0.3 is 0 Å². The summed E-state index contributed by atoms with van der Waals surface area (Å²) in [7, 11) is -2.90. The summed E-state index contributed by atoms with van der Waals surface area (Å²) in [5, 5.41) is 3.22. The van der Waals surface area contributed by atoms with Crippen LogP contribution >= 0.6 is 0 Å². The Morgan fingerprint density at radius 3 is 2.29 bits per heavy atom. The van der Waals surface area contributed by atoms with Crippen LogP contribution in [-0.4, -0.2) is 32.5 Å². The zero-order valence-corrected chi connectivity index (χ0v) is 15.4. The van der Waals surface area contributed by atoms with E-state index in [0.29, 0.717) is 23.5 Å². The third-order valence-electron chi connectivity index (χ3n) is 5.27. The molecule has 0 aromatic carbocycles. The first kappa shape index (κ1) is 19.0. The number of rotatable bonds is 8. The molecule has 0 radical (unpaired) electrons. The van der Waals surface area contributed by atoms with Crippen molar-refractivity contribution in [1.82, 2.24) is 5.32 Å². The number of hydrogen-bond acceptors (Lipinski definition) is 3. The SMILES string of the molecule is CCNCC1CCC(C(C)C)CC1CCS(=O)(=O)C(C)C. The van der Waals surface area contributed by atoms with E-state index in [1.54, 1.807) is 13.8 Å². The van der Waals surface area contributed by atoms with Crippen molar-refractivity contribution in [2.24, 2.45) is 23.7 Å². The highest BCUT2D eigenvalue weighted by molar-refractivity contribution is 7.91. The summed E-state index contributed by atoms with van der Waals surface area (Å²) in [4.78, 5) is 0. The van der Waals surface area contributed by atoms with Crippen molar-refractivity contribution in [1.29, 1.82) is 0 Å². The van der Waals surface area contributed by atoms with E-state index in [9.17, 15) is 8.42 Å². The molecule has 3 unspecified atom stereocenters. The Morgan fingerprint density at radius 1 is 1.10 bits per heavy atom. The summed E-state index contributed by atoms with van der Waals surface area (Å²) in [5.74, 6) is 3.08. The van der Waals surface area contributed by atoms with Gasteiger partial charge in [-0.25, -0.2) is 8.42 Å². The minimum Gasteiger partial charge on any atom is -0.317 e. The molecule has 1 fully saturated rings. The van der Waals surface area contributed by atoms with E-state index in [1.165, 1.54) is 19.3 Å². The Hall–Kier alpha value is -0.0900. The Bertz CT molecular complexity index is 390. The molecular weight excluding hydrogens is 282 g/mol. The molecule has 126 valence electrons. The van der Waals surface area contributed by atoms with Gasteiger partial charge in [-0.2, -0.15) is 0 Å².